The molecule has 2 aliphatic heterocycles. The fraction of sp³-hybridized carbons (Fsp3) is 1.00. The topological polar surface area (TPSA) is 58.9 Å². The van der Waals surface area contributed by atoms with Gasteiger partial charge in [-0.3, -0.25) is 0 Å². The molecule has 0 bridgehead atoms. The van der Waals surface area contributed by atoms with Crippen LogP contribution in [-0.4, -0.2) is 40.9 Å². The molecule has 4 nitrogen and oxygen atoms in total. The molecule has 6 fully saturated rings. The summed E-state index contributed by atoms with van der Waals surface area (Å²) >= 11 is 0. The summed E-state index contributed by atoms with van der Waals surface area (Å²) in [5.74, 6) is 3.46. The van der Waals surface area contributed by atoms with E-state index in [0.29, 0.717) is 46.8 Å². The van der Waals surface area contributed by atoms with Gasteiger partial charge in [-0.05, 0) is 86.4 Å². The van der Waals surface area contributed by atoms with Crippen LogP contribution in [0.25, 0.3) is 0 Å². The zero-order chi connectivity index (χ0) is 21.8. The maximum absolute atomic E-state index is 11.8. The Morgan fingerprint density at radius 1 is 0.875 bits per heavy atom. The second-order valence-electron chi connectivity index (χ2n) is 13.2. The Morgan fingerprint density at radius 3 is 2.38 bits per heavy atom. The van der Waals surface area contributed by atoms with Crippen molar-refractivity contribution in [3.63, 3.8) is 0 Å². The summed E-state index contributed by atoms with van der Waals surface area (Å²) in [5.41, 5.74) is 0.233. The first-order valence-corrected chi connectivity index (χ1v) is 13.4. The number of fused-ring (bicyclic) bond motifs is 7. The predicted molar refractivity (Wildman–Crippen MR) is 119 cm³/mol. The van der Waals surface area contributed by atoms with Crippen molar-refractivity contribution in [3.05, 3.63) is 0 Å². The molecule has 5 heteroatoms. The summed E-state index contributed by atoms with van der Waals surface area (Å²) in [6, 6.07) is 0. The molecule has 0 aromatic rings. The number of ether oxygens (including phenoxy) is 2. The third-order valence-electron chi connectivity index (χ3n) is 12.0. The summed E-state index contributed by atoms with van der Waals surface area (Å²) in [4.78, 5) is 0. The van der Waals surface area contributed by atoms with E-state index in [-0.39, 0.29) is 67.8 Å². The van der Waals surface area contributed by atoms with Gasteiger partial charge in [-0.25, -0.2) is 0 Å². The van der Waals surface area contributed by atoms with E-state index in [1.54, 1.807) is 0 Å². The van der Waals surface area contributed by atoms with E-state index in [1.165, 1.54) is 19.3 Å². The van der Waals surface area contributed by atoms with Gasteiger partial charge in [-0.15, -0.1) is 0 Å². The Morgan fingerprint density at radius 2 is 1.66 bits per heavy atom. The molecule has 4 saturated carbocycles. The third kappa shape index (κ3) is 3.30. The molecule has 2 heterocycles. The van der Waals surface area contributed by atoms with Gasteiger partial charge in [-0.2, -0.15) is 0 Å². The Hall–Kier alpha value is 1.28. The first-order valence-electron chi connectivity index (χ1n) is 13.4. The van der Waals surface area contributed by atoms with Gasteiger partial charge in [0.25, 0.3) is 0 Å². The molecule has 6 rings (SSSR count). The minimum Gasteiger partial charge on any atom is -0.393 e. The van der Waals surface area contributed by atoms with Crippen molar-refractivity contribution in [2.24, 2.45) is 52.3 Å². The van der Waals surface area contributed by atoms with E-state index in [2.05, 4.69) is 27.7 Å². The van der Waals surface area contributed by atoms with E-state index in [0.717, 1.165) is 45.1 Å². The molecule has 179 valence electrons. The maximum atomic E-state index is 11.8. The van der Waals surface area contributed by atoms with Gasteiger partial charge in [0, 0.05) is 67.7 Å². The summed E-state index contributed by atoms with van der Waals surface area (Å²) in [6.07, 6.45) is 9.70. The smallest absolute Gasteiger partial charge is 0.171 e. The number of aliphatic hydroxyl groups excluding tert-OH is 2. The molecule has 4 aliphatic carbocycles. The first-order chi connectivity index (χ1) is 14.7. The second kappa shape index (κ2) is 8.41. The van der Waals surface area contributed by atoms with E-state index in [9.17, 15) is 10.2 Å². The van der Waals surface area contributed by atoms with Gasteiger partial charge >= 0.3 is 0 Å². The Labute approximate surface area is 230 Å². The van der Waals surface area contributed by atoms with Crippen LogP contribution in [0.1, 0.15) is 85.5 Å². The van der Waals surface area contributed by atoms with Crippen molar-refractivity contribution in [3.8, 4) is 0 Å². The van der Waals surface area contributed by atoms with Crippen LogP contribution < -0.4 is 0 Å². The van der Waals surface area contributed by atoms with Gasteiger partial charge in [0.1, 0.15) is 0 Å². The first kappa shape index (κ1) is 25.0. The standard InChI is InChI=1S/C27H44O4.Ac/c1-15-7-10-27(30-14-15)16(2)24-22(31-27)12-21-19-6-5-17-11-18(28)8-9-25(17,3)20(19)13-23(29)26(21,24)4;/h15-24,28-29H,5-14H2,1-4H3;/t15?,16-,17-,18-,19?,20?,21?,22-,23?,24?,25+,26+,27?;/m0./s1. The summed E-state index contributed by atoms with van der Waals surface area (Å²) in [5, 5.41) is 22.1. The predicted octanol–water partition coefficient (Wildman–Crippen LogP) is 4.76. The van der Waals surface area contributed by atoms with Crippen molar-refractivity contribution in [1.82, 2.24) is 0 Å². The summed E-state index contributed by atoms with van der Waals surface area (Å²) < 4.78 is 13.3. The molecule has 0 amide bonds. The SMILES string of the molecule is CC1CCC2(OC1)O[C@H]1CC3C4CC[C@H]5C[C@@H](O)CC[C@@]5(C)C4CC(O)[C@]3(C)C1[C@@H]2C.[Ac]. The van der Waals surface area contributed by atoms with Gasteiger partial charge in [0.05, 0.1) is 24.9 Å². The fourth-order valence-electron chi connectivity index (χ4n) is 10.2. The molecule has 13 atom stereocenters. The van der Waals surface area contributed by atoms with Crippen LogP contribution in [0.15, 0.2) is 0 Å². The normalized spacial score (nSPS) is 61.3. The van der Waals surface area contributed by atoms with Crippen LogP contribution in [0.4, 0.5) is 0 Å². The molecule has 32 heavy (non-hydrogen) atoms. The zero-order valence-corrected chi connectivity index (χ0v) is 25.4. The van der Waals surface area contributed by atoms with Crippen molar-refractivity contribution < 1.29 is 63.7 Å². The molecule has 2 saturated heterocycles. The molecule has 7 unspecified atom stereocenters. The Balaban J connectivity index is 0.00000216. The maximum Gasteiger partial charge on any atom is 0.171 e. The number of hydrogen-bond acceptors (Lipinski definition) is 4. The van der Waals surface area contributed by atoms with Crippen LogP contribution in [0.2, 0.25) is 0 Å². The van der Waals surface area contributed by atoms with E-state index in [4.69, 9.17) is 9.47 Å². The largest absolute Gasteiger partial charge is 0.393 e. The van der Waals surface area contributed by atoms with Gasteiger partial charge in [-0.1, -0.05) is 27.7 Å². The van der Waals surface area contributed by atoms with Crippen LogP contribution in [0.5, 0.6) is 0 Å². The van der Waals surface area contributed by atoms with Gasteiger partial charge in [0.15, 0.2) is 5.79 Å². The van der Waals surface area contributed by atoms with E-state index in [1.807, 2.05) is 0 Å². The van der Waals surface area contributed by atoms with Crippen molar-refractivity contribution in [1.29, 1.82) is 0 Å². The quantitative estimate of drug-likeness (QED) is 0.394. The monoisotopic (exact) mass is 659 g/mol. The molecular weight excluding hydrogens is 615 g/mol. The minimum atomic E-state index is -0.407. The second-order valence-corrected chi connectivity index (χ2v) is 13.2. The average molecular weight is 660 g/mol. The number of rotatable bonds is 0. The van der Waals surface area contributed by atoms with Crippen molar-refractivity contribution in [2.75, 3.05) is 6.61 Å². The average Bonchev–Trinajstić information content (AvgIpc) is 3.18. The van der Waals surface area contributed by atoms with Crippen molar-refractivity contribution >= 4 is 0 Å². The summed E-state index contributed by atoms with van der Waals surface area (Å²) in [7, 11) is 0. The summed E-state index contributed by atoms with van der Waals surface area (Å²) in [6.45, 7) is 10.3. The minimum absolute atomic E-state index is 0. The van der Waals surface area contributed by atoms with Crippen LogP contribution in [-0.2, 0) is 9.47 Å². The van der Waals surface area contributed by atoms with Crippen LogP contribution in [0.3, 0.4) is 0 Å². The molecule has 6 aliphatic rings. The molecule has 1 spiro atoms. The zero-order valence-electron chi connectivity index (χ0n) is 20.6. The van der Waals surface area contributed by atoms with E-state index < -0.39 is 5.79 Å². The van der Waals surface area contributed by atoms with Crippen molar-refractivity contribution in [2.45, 2.75) is 110 Å². The van der Waals surface area contributed by atoms with Crippen LogP contribution in [0, 0.1) is 96.3 Å². The molecule has 2 N–H and O–H groups in total. The number of hydrogen-bond donors (Lipinski definition) is 2. The fourth-order valence-corrected chi connectivity index (χ4v) is 10.2. The Kier molecular flexibility index (Phi) is 6.56. The van der Waals surface area contributed by atoms with Gasteiger partial charge < -0.3 is 19.7 Å². The van der Waals surface area contributed by atoms with Crippen LogP contribution >= 0.6 is 0 Å². The molecular formula is C27H44AcO4. The van der Waals surface area contributed by atoms with Gasteiger partial charge in [0.2, 0.25) is 0 Å². The molecule has 0 aromatic carbocycles. The molecule has 0 aromatic heterocycles. The number of aliphatic hydroxyl groups is 2. The van der Waals surface area contributed by atoms with E-state index >= 15 is 0 Å². The third-order valence-corrected chi connectivity index (χ3v) is 12.0. The Bertz CT molecular complexity index is 722. The molecule has 1 radical (unpaired) electrons.